The first-order valence-corrected chi connectivity index (χ1v) is 15.4. The topological polar surface area (TPSA) is 143 Å². The second-order valence-corrected chi connectivity index (χ2v) is 13.3. The van der Waals surface area contributed by atoms with Crippen LogP contribution in [-0.2, 0) is 9.59 Å². The zero-order valence-electron chi connectivity index (χ0n) is 24.6. The van der Waals surface area contributed by atoms with Crippen molar-refractivity contribution in [1.82, 2.24) is 10.2 Å². The highest BCUT2D eigenvalue weighted by Crippen LogP contribution is 2.50. The molecule has 3 N–H and O–H groups in total. The van der Waals surface area contributed by atoms with E-state index in [0.717, 1.165) is 16.8 Å². The number of Topliss-reactive ketones (excluding diaryl/α,β-unsaturated/α-hetero) is 1. The molecule has 1 aliphatic carbocycles. The predicted octanol–water partition coefficient (Wildman–Crippen LogP) is 5.54. The summed E-state index contributed by atoms with van der Waals surface area (Å²) in [5, 5.41) is 22.3. The van der Waals surface area contributed by atoms with Crippen LogP contribution in [0, 0.1) is 23.7 Å². The number of rotatable bonds is 8. The van der Waals surface area contributed by atoms with Crippen LogP contribution in [0.25, 0.3) is 0 Å². The number of anilines is 2. The van der Waals surface area contributed by atoms with Crippen LogP contribution >= 0.6 is 23.1 Å². The lowest BCUT2D eigenvalue weighted by Crippen LogP contribution is -2.42. The number of aryl methyl sites for hydroxylation is 1. The Balaban J connectivity index is 1.43. The standard InChI is InChI=1S/C31H32N6O4S2/c1-17-7-6-8-18(11-17)26-20(15-32)28(33)37(22-13-31(2,3)14-23(38)27(22)26)29-35-36-30(43-29)42-16-25(39)34-21-10-9-19(40-4)12-24(21)41-5/h6-12,26H,13-14,16,33H2,1-5H3,(H,34,39). The normalized spacial score (nSPS) is 17.8. The molecule has 5 rings (SSSR count). The number of methoxy groups -OCH3 is 2. The summed E-state index contributed by atoms with van der Waals surface area (Å²) in [5.41, 5.74) is 10.4. The Hall–Kier alpha value is -4.34. The minimum atomic E-state index is -0.555. The number of hydrogen-bond donors (Lipinski definition) is 2. The van der Waals surface area contributed by atoms with Crippen molar-refractivity contribution in [2.45, 2.75) is 43.9 Å². The first-order chi connectivity index (χ1) is 20.5. The van der Waals surface area contributed by atoms with Crippen molar-refractivity contribution < 1.29 is 19.1 Å². The van der Waals surface area contributed by atoms with Gasteiger partial charge in [0.25, 0.3) is 0 Å². The monoisotopic (exact) mass is 616 g/mol. The van der Waals surface area contributed by atoms with Gasteiger partial charge >= 0.3 is 0 Å². The minimum absolute atomic E-state index is 0.00671. The van der Waals surface area contributed by atoms with Crippen LogP contribution in [-0.4, -0.2) is 41.9 Å². The van der Waals surface area contributed by atoms with Gasteiger partial charge in [-0.15, -0.1) is 10.2 Å². The van der Waals surface area contributed by atoms with E-state index >= 15 is 0 Å². The molecule has 2 aliphatic rings. The predicted molar refractivity (Wildman–Crippen MR) is 167 cm³/mol. The van der Waals surface area contributed by atoms with Crippen molar-refractivity contribution in [2.24, 2.45) is 11.1 Å². The molecule has 10 nitrogen and oxygen atoms in total. The maximum atomic E-state index is 13.7. The van der Waals surface area contributed by atoms with Gasteiger partial charge in [-0.3, -0.25) is 14.5 Å². The Kier molecular flexibility index (Phi) is 8.48. The quantitative estimate of drug-likeness (QED) is 0.310. The van der Waals surface area contributed by atoms with Gasteiger partial charge in [-0.25, -0.2) is 0 Å². The van der Waals surface area contributed by atoms with Crippen molar-refractivity contribution in [2.75, 3.05) is 30.2 Å². The third-order valence-corrected chi connectivity index (χ3v) is 9.39. The van der Waals surface area contributed by atoms with Gasteiger partial charge < -0.3 is 20.5 Å². The summed E-state index contributed by atoms with van der Waals surface area (Å²) in [7, 11) is 3.08. The average Bonchev–Trinajstić information content (AvgIpc) is 3.43. The van der Waals surface area contributed by atoms with Crippen LogP contribution in [0.3, 0.4) is 0 Å². The van der Waals surface area contributed by atoms with E-state index in [1.165, 1.54) is 30.2 Å². The molecule has 0 fully saturated rings. The molecule has 12 heteroatoms. The summed E-state index contributed by atoms with van der Waals surface area (Å²) >= 11 is 2.48. The van der Waals surface area contributed by atoms with Crippen molar-refractivity contribution in [3.8, 4) is 17.6 Å². The Labute approximate surface area is 258 Å². The summed E-state index contributed by atoms with van der Waals surface area (Å²) in [6.07, 6.45) is 0.940. The van der Waals surface area contributed by atoms with Crippen molar-refractivity contribution in [3.63, 3.8) is 0 Å². The van der Waals surface area contributed by atoms with Crippen LogP contribution in [0.5, 0.6) is 11.5 Å². The first kappa shape index (κ1) is 30.1. The summed E-state index contributed by atoms with van der Waals surface area (Å²) in [6, 6.07) is 15.3. The lowest BCUT2D eigenvalue weighted by Gasteiger charge is -2.42. The number of thioether (sulfide) groups is 1. The number of nitriles is 1. The lowest BCUT2D eigenvalue weighted by molar-refractivity contribution is -0.118. The number of nitrogens with zero attached hydrogens (tertiary/aromatic N) is 4. The largest absolute Gasteiger partial charge is 0.497 e. The highest BCUT2D eigenvalue weighted by atomic mass is 32.2. The highest BCUT2D eigenvalue weighted by Gasteiger charge is 2.45. The van der Waals surface area contributed by atoms with Gasteiger partial charge in [-0.05, 0) is 36.5 Å². The molecule has 1 atom stereocenters. The van der Waals surface area contributed by atoms with E-state index in [2.05, 4.69) is 21.6 Å². The zero-order chi connectivity index (χ0) is 30.9. The van der Waals surface area contributed by atoms with E-state index in [9.17, 15) is 14.9 Å². The number of allylic oxidation sites excluding steroid dienone is 3. The Bertz CT molecular complexity index is 1700. The van der Waals surface area contributed by atoms with Crippen LogP contribution in [0.15, 0.2) is 69.5 Å². The number of benzene rings is 2. The maximum Gasteiger partial charge on any atom is 0.234 e. The summed E-state index contributed by atoms with van der Waals surface area (Å²) in [6.45, 7) is 6.07. The average molecular weight is 617 g/mol. The molecule has 1 aliphatic heterocycles. The van der Waals surface area contributed by atoms with E-state index in [0.29, 0.717) is 50.6 Å². The van der Waals surface area contributed by atoms with E-state index in [1.54, 1.807) is 30.2 Å². The van der Waals surface area contributed by atoms with Crippen LogP contribution in [0.1, 0.15) is 43.7 Å². The molecule has 43 heavy (non-hydrogen) atoms. The number of nitrogens with two attached hydrogens (primary N) is 1. The van der Waals surface area contributed by atoms with Gasteiger partial charge in [0.2, 0.25) is 11.0 Å². The molecule has 0 saturated carbocycles. The SMILES string of the molecule is COc1ccc(NC(=O)CSc2nnc(N3C(N)=C(C#N)C(c4cccc(C)c4)C4=C3CC(C)(C)CC4=O)s2)c(OC)c1. The molecule has 222 valence electrons. The second kappa shape index (κ2) is 12.1. The summed E-state index contributed by atoms with van der Waals surface area (Å²) < 4.78 is 11.1. The molecule has 3 aromatic rings. The number of carbonyl (C=O) groups excluding carboxylic acids is 2. The van der Waals surface area contributed by atoms with Gasteiger partial charge in [0.1, 0.15) is 17.3 Å². The third-order valence-electron chi connectivity index (χ3n) is 7.35. The van der Waals surface area contributed by atoms with Crippen molar-refractivity contribution in [1.29, 1.82) is 5.26 Å². The Morgan fingerprint density at radius 3 is 2.70 bits per heavy atom. The molecule has 0 radical (unpaired) electrons. The number of amides is 1. The summed E-state index contributed by atoms with van der Waals surface area (Å²) in [4.78, 5) is 28.2. The van der Waals surface area contributed by atoms with Crippen LogP contribution < -0.4 is 25.4 Å². The number of ether oxygens (including phenoxy) is 2. The lowest BCUT2D eigenvalue weighted by atomic mass is 9.68. The van der Waals surface area contributed by atoms with E-state index in [-0.39, 0.29) is 28.7 Å². The molecular weight excluding hydrogens is 585 g/mol. The van der Waals surface area contributed by atoms with E-state index < -0.39 is 5.92 Å². The molecule has 2 aromatic carbocycles. The molecule has 0 saturated heterocycles. The summed E-state index contributed by atoms with van der Waals surface area (Å²) in [5.74, 6) is 0.591. The maximum absolute atomic E-state index is 13.7. The smallest absolute Gasteiger partial charge is 0.234 e. The molecule has 2 heterocycles. The molecule has 0 bridgehead atoms. The number of hydrogen-bond acceptors (Lipinski definition) is 11. The third kappa shape index (κ3) is 6.09. The van der Waals surface area contributed by atoms with Gasteiger partial charge in [-0.2, -0.15) is 5.26 Å². The zero-order valence-corrected chi connectivity index (χ0v) is 26.2. The van der Waals surface area contributed by atoms with Gasteiger partial charge in [0.05, 0.1) is 43.2 Å². The second-order valence-electron chi connectivity index (χ2n) is 11.1. The fourth-order valence-corrected chi connectivity index (χ4v) is 7.16. The van der Waals surface area contributed by atoms with Gasteiger partial charge in [0.15, 0.2) is 10.1 Å². The fourth-order valence-electron chi connectivity index (χ4n) is 5.48. The van der Waals surface area contributed by atoms with Gasteiger partial charge in [0, 0.05) is 23.8 Å². The van der Waals surface area contributed by atoms with Crippen molar-refractivity contribution >= 4 is 45.6 Å². The van der Waals surface area contributed by atoms with Crippen LogP contribution in [0.4, 0.5) is 10.8 Å². The highest BCUT2D eigenvalue weighted by molar-refractivity contribution is 8.01. The van der Waals surface area contributed by atoms with E-state index in [4.69, 9.17) is 15.2 Å². The number of ketones is 1. The number of aromatic nitrogens is 2. The number of carbonyl (C=O) groups is 2. The van der Waals surface area contributed by atoms with Gasteiger partial charge in [-0.1, -0.05) is 66.8 Å². The molecule has 1 aromatic heterocycles. The Morgan fingerprint density at radius 2 is 2.00 bits per heavy atom. The fraction of sp³-hybridized carbons (Fsp3) is 0.323. The van der Waals surface area contributed by atoms with Crippen molar-refractivity contribution in [3.05, 3.63) is 76.3 Å². The molecule has 1 amide bonds. The molecule has 0 spiro atoms. The first-order valence-electron chi connectivity index (χ1n) is 13.6. The molecular formula is C31H32N6O4S2. The van der Waals surface area contributed by atoms with Crippen LogP contribution in [0.2, 0.25) is 0 Å². The van der Waals surface area contributed by atoms with E-state index in [1.807, 2.05) is 45.0 Å². The molecule has 1 unspecified atom stereocenters. The Morgan fingerprint density at radius 1 is 1.21 bits per heavy atom. The number of nitrogens with one attached hydrogen (secondary N) is 1. The minimum Gasteiger partial charge on any atom is -0.497 e.